The lowest BCUT2D eigenvalue weighted by Gasteiger charge is -2.34. The van der Waals surface area contributed by atoms with Gasteiger partial charge in [-0.3, -0.25) is 14.2 Å². The van der Waals surface area contributed by atoms with Gasteiger partial charge in [0.25, 0.3) is 5.56 Å². The van der Waals surface area contributed by atoms with Crippen molar-refractivity contribution in [3.8, 4) is 11.1 Å². The predicted molar refractivity (Wildman–Crippen MR) is 129 cm³/mol. The highest BCUT2D eigenvalue weighted by atomic mass is 32.1. The van der Waals surface area contributed by atoms with Gasteiger partial charge >= 0.3 is 0 Å². The number of hydrogen-bond acceptors (Lipinski definition) is 7. The fraction of sp³-hybridized carbons (Fsp3) is 0.292. The maximum Gasteiger partial charge on any atom is 0.262 e. The normalized spacial score (nSPS) is 14.1. The Morgan fingerprint density at radius 3 is 2.45 bits per heavy atom. The second-order valence-electron chi connectivity index (χ2n) is 7.99. The molecule has 1 aliphatic rings. The lowest BCUT2D eigenvalue weighted by atomic mass is 10.0. The van der Waals surface area contributed by atoms with Crippen LogP contribution in [0, 0.1) is 6.92 Å². The standard InChI is InChI=1S/C24H24N6O2S/c1-17-20(18-6-3-2-4-7-18)21-22(33-17)27-16-30(23(21)32)11-8-19(31)28-12-14-29(15-13-28)24-25-9-5-10-26-24/h2-7,9-10,16H,8,11-15H2,1H3. The first-order valence-electron chi connectivity index (χ1n) is 11.0. The van der Waals surface area contributed by atoms with E-state index >= 15 is 0 Å². The molecule has 1 aromatic carbocycles. The van der Waals surface area contributed by atoms with Crippen LogP contribution in [0.15, 0.2) is 59.9 Å². The predicted octanol–water partition coefficient (Wildman–Crippen LogP) is 2.96. The summed E-state index contributed by atoms with van der Waals surface area (Å²) in [4.78, 5) is 44.9. The van der Waals surface area contributed by atoms with Gasteiger partial charge in [-0.1, -0.05) is 30.3 Å². The third kappa shape index (κ3) is 4.23. The summed E-state index contributed by atoms with van der Waals surface area (Å²) >= 11 is 1.53. The molecular weight excluding hydrogens is 436 g/mol. The Bertz CT molecular complexity index is 1330. The Labute approximate surface area is 195 Å². The number of piperazine rings is 1. The van der Waals surface area contributed by atoms with Crippen LogP contribution in [0.2, 0.25) is 0 Å². The number of aromatic nitrogens is 4. The molecule has 0 N–H and O–H groups in total. The second kappa shape index (κ2) is 9.11. The summed E-state index contributed by atoms with van der Waals surface area (Å²) in [6.07, 6.45) is 5.27. The van der Waals surface area contributed by atoms with Crippen LogP contribution in [0.5, 0.6) is 0 Å². The number of amides is 1. The van der Waals surface area contributed by atoms with E-state index in [1.54, 1.807) is 29.4 Å². The number of carbonyl (C=O) groups is 1. The lowest BCUT2D eigenvalue weighted by molar-refractivity contribution is -0.131. The molecule has 4 heterocycles. The molecule has 0 unspecified atom stereocenters. The van der Waals surface area contributed by atoms with Crippen LogP contribution in [0.25, 0.3) is 21.3 Å². The van der Waals surface area contributed by atoms with Crippen molar-refractivity contribution >= 4 is 33.4 Å². The molecule has 8 nitrogen and oxygen atoms in total. The van der Waals surface area contributed by atoms with Gasteiger partial charge in [0.2, 0.25) is 11.9 Å². The summed E-state index contributed by atoms with van der Waals surface area (Å²) in [6, 6.07) is 11.7. The first kappa shape index (κ1) is 21.3. The van der Waals surface area contributed by atoms with Gasteiger partial charge in [-0.2, -0.15) is 0 Å². The summed E-state index contributed by atoms with van der Waals surface area (Å²) in [5.41, 5.74) is 1.85. The summed E-state index contributed by atoms with van der Waals surface area (Å²) < 4.78 is 1.56. The molecule has 33 heavy (non-hydrogen) atoms. The smallest absolute Gasteiger partial charge is 0.262 e. The summed E-state index contributed by atoms with van der Waals surface area (Å²) in [5.74, 6) is 0.733. The number of nitrogens with zero attached hydrogens (tertiary/aromatic N) is 6. The number of rotatable bonds is 5. The number of aryl methyl sites for hydroxylation is 2. The number of benzene rings is 1. The zero-order valence-corrected chi connectivity index (χ0v) is 19.2. The second-order valence-corrected chi connectivity index (χ2v) is 9.19. The number of fused-ring (bicyclic) bond motifs is 1. The van der Waals surface area contributed by atoms with Crippen LogP contribution in [-0.4, -0.2) is 56.5 Å². The van der Waals surface area contributed by atoms with Crippen LogP contribution in [-0.2, 0) is 11.3 Å². The molecule has 0 bridgehead atoms. The fourth-order valence-electron chi connectivity index (χ4n) is 4.23. The van der Waals surface area contributed by atoms with Crippen molar-refractivity contribution in [1.82, 2.24) is 24.4 Å². The molecule has 1 saturated heterocycles. The Balaban J connectivity index is 1.29. The van der Waals surface area contributed by atoms with Crippen LogP contribution in [0.3, 0.4) is 0 Å². The van der Waals surface area contributed by atoms with Crippen molar-refractivity contribution in [2.24, 2.45) is 0 Å². The SMILES string of the molecule is Cc1sc2ncn(CCC(=O)N3CCN(c4ncccn4)CC3)c(=O)c2c1-c1ccccc1. The molecule has 1 amide bonds. The van der Waals surface area contributed by atoms with Gasteiger partial charge in [0.15, 0.2) is 0 Å². The first-order chi connectivity index (χ1) is 16.1. The molecule has 3 aromatic heterocycles. The van der Waals surface area contributed by atoms with Crippen molar-refractivity contribution in [3.05, 3.63) is 70.4 Å². The monoisotopic (exact) mass is 460 g/mol. The van der Waals surface area contributed by atoms with E-state index in [0.29, 0.717) is 44.1 Å². The average molecular weight is 461 g/mol. The zero-order valence-electron chi connectivity index (χ0n) is 18.3. The molecular formula is C24H24N6O2S. The highest BCUT2D eigenvalue weighted by Crippen LogP contribution is 2.35. The molecule has 5 rings (SSSR count). The van der Waals surface area contributed by atoms with E-state index < -0.39 is 0 Å². The number of hydrogen-bond donors (Lipinski definition) is 0. The minimum Gasteiger partial charge on any atom is -0.339 e. The number of anilines is 1. The van der Waals surface area contributed by atoms with E-state index in [9.17, 15) is 9.59 Å². The molecule has 4 aromatic rings. The maximum atomic E-state index is 13.3. The topological polar surface area (TPSA) is 84.2 Å². The van der Waals surface area contributed by atoms with Crippen LogP contribution >= 0.6 is 11.3 Å². The molecule has 0 spiro atoms. The van der Waals surface area contributed by atoms with Gasteiger partial charge in [-0.05, 0) is 18.6 Å². The van der Waals surface area contributed by atoms with E-state index in [1.165, 1.54) is 11.3 Å². The van der Waals surface area contributed by atoms with Gasteiger partial charge in [0, 0.05) is 62.0 Å². The number of thiophene rings is 1. The molecule has 9 heteroatoms. The van der Waals surface area contributed by atoms with E-state index in [0.717, 1.165) is 20.8 Å². The van der Waals surface area contributed by atoms with Gasteiger partial charge in [-0.15, -0.1) is 11.3 Å². The van der Waals surface area contributed by atoms with Crippen LogP contribution in [0.1, 0.15) is 11.3 Å². The van der Waals surface area contributed by atoms with Crippen molar-refractivity contribution in [2.45, 2.75) is 19.9 Å². The third-order valence-electron chi connectivity index (χ3n) is 5.95. The Hall–Kier alpha value is -3.59. The molecule has 0 saturated carbocycles. The molecule has 0 aliphatic carbocycles. The highest BCUT2D eigenvalue weighted by molar-refractivity contribution is 7.19. The number of carbonyl (C=O) groups excluding carboxylic acids is 1. The molecule has 0 radical (unpaired) electrons. The minimum absolute atomic E-state index is 0.0420. The lowest BCUT2D eigenvalue weighted by Crippen LogP contribution is -2.49. The van der Waals surface area contributed by atoms with Gasteiger partial charge in [0.05, 0.1) is 11.7 Å². The third-order valence-corrected chi connectivity index (χ3v) is 6.96. The van der Waals surface area contributed by atoms with E-state index in [4.69, 9.17) is 0 Å². The Kier molecular flexibility index (Phi) is 5.87. The maximum absolute atomic E-state index is 13.3. The molecule has 0 atom stereocenters. The van der Waals surface area contributed by atoms with E-state index in [1.807, 2.05) is 42.2 Å². The van der Waals surface area contributed by atoms with E-state index in [-0.39, 0.29) is 17.9 Å². The first-order valence-corrected chi connectivity index (χ1v) is 11.8. The Morgan fingerprint density at radius 1 is 1.00 bits per heavy atom. The molecule has 168 valence electrons. The largest absolute Gasteiger partial charge is 0.339 e. The van der Waals surface area contributed by atoms with Crippen molar-refractivity contribution in [3.63, 3.8) is 0 Å². The summed E-state index contributed by atoms with van der Waals surface area (Å²) in [5, 5.41) is 0.634. The van der Waals surface area contributed by atoms with Crippen molar-refractivity contribution in [1.29, 1.82) is 0 Å². The van der Waals surface area contributed by atoms with Crippen LogP contribution in [0.4, 0.5) is 5.95 Å². The minimum atomic E-state index is -0.0953. The van der Waals surface area contributed by atoms with Gasteiger partial charge in [0.1, 0.15) is 4.83 Å². The quantitative estimate of drug-likeness (QED) is 0.455. The van der Waals surface area contributed by atoms with Gasteiger partial charge in [-0.25, -0.2) is 15.0 Å². The highest BCUT2D eigenvalue weighted by Gasteiger charge is 2.23. The fourth-order valence-corrected chi connectivity index (χ4v) is 5.24. The molecule has 1 aliphatic heterocycles. The van der Waals surface area contributed by atoms with Crippen molar-refractivity contribution in [2.75, 3.05) is 31.1 Å². The van der Waals surface area contributed by atoms with E-state index in [2.05, 4.69) is 19.9 Å². The summed E-state index contributed by atoms with van der Waals surface area (Å²) in [7, 11) is 0. The zero-order chi connectivity index (χ0) is 22.8. The van der Waals surface area contributed by atoms with Crippen molar-refractivity contribution < 1.29 is 4.79 Å². The average Bonchev–Trinajstić information content (AvgIpc) is 3.21. The van der Waals surface area contributed by atoms with Crippen LogP contribution < -0.4 is 10.5 Å². The summed E-state index contributed by atoms with van der Waals surface area (Å²) in [6.45, 7) is 4.94. The Morgan fingerprint density at radius 2 is 1.73 bits per heavy atom. The molecule has 1 fully saturated rings. The van der Waals surface area contributed by atoms with Gasteiger partial charge < -0.3 is 9.80 Å².